The van der Waals surface area contributed by atoms with Crippen LogP contribution in [-0.2, 0) is 112 Å². The minimum Gasteiger partial charge on any atom is -0.481 e. The zero-order valence-electron chi connectivity index (χ0n) is 85.4. The smallest absolute Gasteiger partial charge is 0.326 e. The van der Waals surface area contributed by atoms with E-state index >= 15 is 19.2 Å². The van der Waals surface area contributed by atoms with Gasteiger partial charge in [0.1, 0.15) is 96.7 Å². The van der Waals surface area contributed by atoms with Gasteiger partial charge in [-0.2, -0.15) is 0 Å². The average molecular weight is 2090 g/mol. The van der Waals surface area contributed by atoms with Crippen molar-refractivity contribution in [3.63, 3.8) is 0 Å². The standard InChI is InChI=1S/C94H151N27O27/c1-45(2)35-58(110-83(138)62(41-73(129)130)109-76(131)53(95)20-14-30-102-93(98)99)81(136)112-61(40-72(127)128)77(132)105-43-71(126)119-32-16-23-66(119)87(142)118-75(50(11)123)89(144)113-59(36-46(3)4)80(135)106-55(22-15-31-103-94(100)101)78(133)107-56(26-28-69(96)124)79(134)111-60(39-51-42-104-54-21-13-12-19-52(51)54)82(137)114-63(37-47(5)6)90(145)120-33-17-24-67(120)85(140)115-64(38-48(7)8)91(146)121-34-18-25-68(121)86(141)116-65(44-122)84(139)117-74(49(9)10)88(143)108-57(92(147)148)27-29-70(97)125/h12-13,19,21,42,45-50,53,55-68,74-75,104,122-123H,14-18,20,22-41,43-44,95H2,1-11H3,(H2,96,124)(H2,97,125)(H,105,132)(H,106,135)(H,107,133)(H,108,143)(H,109,131)(H,110,138)(H,111,134)(H,112,136)(H,113,144)(H,114,137)(H,115,140)(H,116,141)(H,117,139)(H,118,142)(H,127,128)(H,129,130)(H,147,148)(H4,98,99,102)(H4,100,101,103)/t50-,53+,55+,56+,57+,58+,59+,60+,61+,62+,63+,64+,65+,66+,67+,68+,74+,75+/m1/s1. The fourth-order valence-electron chi connectivity index (χ4n) is 17.2. The zero-order valence-corrected chi connectivity index (χ0v) is 85.4. The molecule has 54 heteroatoms. The van der Waals surface area contributed by atoms with Gasteiger partial charge in [0.05, 0.1) is 38.1 Å². The van der Waals surface area contributed by atoms with Crippen LogP contribution in [0, 0.1) is 40.4 Å². The Morgan fingerprint density at radius 1 is 0.405 bits per heavy atom. The third-order valence-corrected chi connectivity index (χ3v) is 24.7. The number of carbonyl (C=O) groups is 22. The van der Waals surface area contributed by atoms with E-state index in [9.17, 15) is 112 Å². The highest BCUT2D eigenvalue weighted by Gasteiger charge is 2.46. The number of guanidine groups is 2. The van der Waals surface area contributed by atoms with Gasteiger partial charge in [-0.15, -0.1) is 0 Å². The number of hydrogen-bond acceptors (Lipinski definition) is 27. The molecule has 0 unspecified atom stereocenters. The highest BCUT2D eigenvalue weighted by Crippen LogP contribution is 2.27. The predicted molar refractivity (Wildman–Crippen MR) is 531 cm³/mol. The molecule has 2 aromatic rings. The van der Waals surface area contributed by atoms with Crippen molar-refractivity contribution in [2.75, 3.05) is 45.9 Å². The molecule has 4 heterocycles. The minimum atomic E-state index is -1.94. The zero-order chi connectivity index (χ0) is 111. The number of aliphatic hydroxyl groups is 2. The molecule has 3 saturated heterocycles. The maximum absolute atomic E-state index is 15.4. The van der Waals surface area contributed by atoms with Crippen molar-refractivity contribution in [1.82, 2.24) is 105 Å². The number of aliphatic carboxylic acids is 3. The monoisotopic (exact) mass is 2090 g/mol. The lowest BCUT2D eigenvalue weighted by Crippen LogP contribution is -2.62. The van der Waals surface area contributed by atoms with Gasteiger partial charge >= 0.3 is 17.9 Å². The van der Waals surface area contributed by atoms with Crippen LogP contribution in [0.5, 0.6) is 0 Å². The first-order valence-electron chi connectivity index (χ1n) is 49.6. The largest absolute Gasteiger partial charge is 0.481 e. The molecule has 0 bridgehead atoms. The summed E-state index contributed by atoms with van der Waals surface area (Å²) in [5.41, 5.74) is 28.8. The molecule has 1 aromatic carbocycles. The molecule has 3 aliphatic heterocycles. The lowest BCUT2D eigenvalue weighted by atomic mass is 9.99. The molecule has 34 N–H and O–H groups in total. The molecule has 0 radical (unpaired) electrons. The number of aliphatic hydroxyl groups excluding tert-OH is 2. The number of nitrogens with one attached hydrogen (secondary N) is 19. The molecule has 148 heavy (non-hydrogen) atoms. The number of H-pyrrole nitrogens is 1. The number of nitrogens with two attached hydrogens (primary N) is 5. The molecular formula is C94H151N27O27. The first-order valence-corrected chi connectivity index (χ1v) is 49.6. The van der Waals surface area contributed by atoms with Gasteiger partial charge in [-0.25, -0.2) is 4.79 Å². The molecule has 0 saturated carbocycles. The third-order valence-electron chi connectivity index (χ3n) is 24.7. The van der Waals surface area contributed by atoms with Crippen molar-refractivity contribution in [3.8, 4) is 0 Å². The van der Waals surface area contributed by atoms with Crippen LogP contribution < -0.4 is 114 Å². The Balaban J connectivity index is 1.35. The molecule has 3 fully saturated rings. The van der Waals surface area contributed by atoms with E-state index in [2.05, 4.69) is 90.1 Å². The van der Waals surface area contributed by atoms with E-state index in [1.807, 2.05) is 0 Å². The molecule has 3 aliphatic rings. The molecule has 18 atom stereocenters. The predicted octanol–water partition coefficient (Wildman–Crippen LogP) is -7.27. The number of nitrogens with zero attached hydrogens (tertiary/aromatic N) is 3. The lowest BCUT2D eigenvalue weighted by molar-refractivity contribution is -0.145. The van der Waals surface area contributed by atoms with E-state index in [-0.39, 0.29) is 160 Å². The second-order valence-electron chi connectivity index (χ2n) is 39.4. The average Bonchev–Trinajstić information content (AvgIpc) is 1.64. The van der Waals surface area contributed by atoms with Gasteiger partial charge < -0.3 is 159 Å². The third kappa shape index (κ3) is 40.7. The van der Waals surface area contributed by atoms with E-state index in [0.717, 1.165) is 11.8 Å². The summed E-state index contributed by atoms with van der Waals surface area (Å²) in [7, 11) is 0. The molecule has 824 valence electrons. The van der Waals surface area contributed by atoms with Crippen molar-refractivity contribution in [3.05, 3.63) is 36.0 Å². The summed E-state index contributed by atoms with van der Waals surface area (Å²) in [5.74, 6) is -26.2. The van der Waals surface area contributed by atoms with Crippen LogP contribution in [0.15, 0.2) is 30.5 Å². The van der Waals surface area contributed by atoms with Crippen LogP contribution >= 0.6 is 0 Å². The highest BCUT2D eigenvalue weighted by atomic mass is 16.4. The van der Waals surface area contributed by atoms with Gasteiger partial charge in [-0.3, -0.25) is 112 Å². The first-order chi connectivity index (χ1) is 69.5. The van der Waals surface area contributed by atoms with Crippen LogP contribution in [0.25, 0.3) is 10.9 Å². The summed E-state index contributed by atoms with van der Waals surface area (Å²) in [6, 6.07) is -19.5. The van der Waals surface area contributed by atoms with Gasteiger partial charge in [0.15, 0.2) is 11.9 Å². The summed E-state index contributed by atoms with van der Waals surface area (Å²) in [6.45, 7) is 15.9. The van der Waals surface area contributed by atoms with Crippen molar-refractivity contribution in [1.29, 1.82) is 10.8 Å². The summed E-state index contributed by atoms with van der Waals surface area (Å²) < 4.78 is 0. The maximum Gasteiger partial charge on any atom is 0.326 e. The number of aromatic nitrogens is 1. The maximum atomic E-state index is 15.4. The SMILES string of the molecule is CC(C)C[C@H](NC(=O)[C@H](CC(=O)O)NC(=O)[C@@H](N)CCCNC(=N)N)C(=O)N[C@@H](CC(=O)O)C(=O)NCC(=O)N1CCC[C@H]1C(=O)N[C@H](C(=O)N[C@@H](CC(C)C)C(=O)N[C@@H](CCCNC(=N)N)C(=O)N[C@@H](CCC(N)=O)C(=O)N[C@@H](Cc1c[nH]c2ccccc12)C(=O)N[C@@H](CC(C)C)C(=O)N1CCC[C@H]1C(=O)N[C@@H](CC(C)C)C(=O)N1CCC[C@H]1C(=O)N[C@@H](CO)C(=O)N[C@H](C(=O)N[C@@H](CCC(N)=O)C(=O)O)C(C)C)[C@@H](C)O. The Bertz CT molecular complexity index is 5030. The number of amides is 19. The van der Waals surface area contributed by atoms with Crippen LogP contribution in [0.1, 0.15) is 210 Å². The molecule has 0 spiro atoms. The molecule has 5 rings (SSSR count). The van der Waals surface area contributed by atoms with E-state index in [1.165, 1.54) is 23.6 Å². The van der Waals surface area contributed by atoms with Gasteiger partial charge in [0.2, 0.25) is 112 Å². The van der Waals surface area contributed by atoms with Crippen LogP contribution in [-0.4, -0.2) is 342 Å². The Labute approximate surface area is 855 Å². The number of likely N-dealkylation sites (tertiary alicyclic amines) is 3. The molecule has 19 amide bonds. The van der Waals surface area contributed by atoms with Crippen LogP contribution in [0.4, 0.5) is 0 Å². The molecular weight excluding hydrogens is 1940 g/mol. The van der Waals surface area contributed by atoms with Gasteiger partial charge in [-0.05, 0) is 151 Å². The van der Waals surface area contributed by atoms with E-state index in [1.54, 1.807) is 85.9 Å². The number of para-hydroxylation sites is 1. The molecule has 1 aromatic heterocycles. The van der Waals surface area contributed by atoms with E-state index in [4.69, 9.17) is 39.5 Å². The van der Waals surface area contributed by atoms with Gasteiger partial charge in [-0.1, -0.05) is 87.4 Å². The number of carboxylic acids is 3. The number of aromatic amines is 1. The second-order valence-corrected chi connectivity index (χ2v) is 39.4. The fourth-order valence-corrected chi connectivity index (χ4v) is 17.2. The number of benzene rings is 1. The Morgan fingerprint density at radius 3 is 1.25 bits per heavy atom. The quantitative estimate of drug-likeness (QED) is 0.0166. The minimum absolute atomic E-state index is 0.00479. The van der Waals surface area contributed by atoms with Gasteiger partial charge in [0, 0.05) is 69.1 Å². The van der Waals surface area contributed by atoms with Gasteiger partial charge in [0.25, 0.3) is 0 Å². The first kappa shape index (κ1) is 124. The lowest BCUT2D eigenvalue weighted by Gasteiger charge is -2.33. The van der Waals surface area contributed by atoms with E-state index < -0.39 is 302 Å². The fraction of sp³-hybridized carbons (Fsp3) is 0.660. The number of primary amides is 2. The van der Waals surface area contributed by atoms with Crippen molar-refractivity contribution in [2.45, 2.75) is 320 Å². The summed E-state index contributed by atoms with van der Waals surface area (Å²) in [6.07, 6.45) is -4.09. The van der Waals surface area contributed by atoms with Crippen LogP contribution in [0.3, 0.4) is 0 Å². The summed E-state index contributed by atoms with van der Waals surface area (Å²) in [4.78, 5) is 311. The number of carboxylic acid groups (broad SMARTS) is 3. The molecule has 0 aliphatic carbocycles. The Kier molecular flexibility index (Phi) is 50.8. The Morgan fingerprint density at radius 2 is 0.777 bits per heavy atom. The number of rotatable bonds is 63. The van der Waals surface area contributed by atoms with Crippen molar-refractivity contribution in [2.24, 2.45) is 58.3 Å². The Hall–Kier alpha value is -14.5. The van der Waals surface area contributed by atoms with Crippen molar-refractivity contribution < 1.29 is 131 Å². The number of carbonyl (C=O) groups excluding carboxylic acids is 19. The van der Waals surface area contributed by atoms with Crippen LogP contribution in [0.2, 0.25) is 0 Å². The normalized spacial score (nSPS) is 17.5. The topological polar surface area (TPSA) is 872 Å². The van der Waals surface area contributed by atoms with E-state index in [0.29, 0.717) is 16.5 Å². The summed E-state index contributed by atoms with van der Waals surface area (Å²) in [5, 5.41) is 106. The number of hydrogen-bond donors (Lipinski definition) is 29. The molecule has 54 nitrogen and oxygen atoms in total. The number of fused-ring (bicyclic) bond motifs is 1. The second kappa shape index (κ2) is 60.6. The van der Waals surface area contributed by atoms with Crippen molar-refractivity contribution >= 4 is 153 Å². The highest BCUT2D eigenvalue weighted by molar-refractivity contribution is 6.03. The summed E-state index contributed by atoms with van der Waals surface area (Å²) >= 11 is 0.